The lowest BCUT2D eigenvalue weighted by Gasteiger charge is -2.28. The number of carboxylic acids is 1. The maximum absolute atomic E-state index is 13.4. The van der Waals surface area contributed by atoms with Gasteiger partial charge in [0.05, 0.1) is 17.3 Å². The molecule has 0 spiro atoms. The molecule has 1 aliphatic heterocycles. The minimum Gasteiger partial charge on any atom is -0.478 e. The van der Waals surface area contributed by atoms with E-state index in [2.05, 4.69) is 0 Å². The van der Waals surface area contributed by atoms with E-state index in [-0.39, 0.29) is 17.6 Å². The minimum atomic E-state index is -1.30. The molecule has 1 aromatic rings. The van der Waals surface area contributed by atoms with Gasteiger partial charge in [0.15, 0.2) is 0 Å². The first-order chi connectivity index (χ1) is 9.22. The van der Waals surface area contributed by atoms with Crippen LogP contribution in [0.1, 0.15) is 38.1 Å². The molecule has 1 fully saturated rings. The predicted molar refractivity (Wildman–Crippen MR) is 73.6 cm³/mol. The number of halogens is 1. The first-order valence-corrected chi connectivity index (χ1v) is 6.58. The van der Waals surface area contributed by atoms with E-state index in [4.69, 9.17) is 14.4 Å². The number of carboxylic acid groups (broad SMARTS) is 1. The van der Waals surface area contributed by atoms with Crippen LogP contribution >= 0.6 is 0 Å². The average molecular weight is 280 g/mol. The molecule has 0 saturated carbocycles. The van der Waals surface area contributed by atoms with Crippen molar-refractivity contribution in [3.63, 3.8) is 0 Å². The Hall–Kier alpha value is -1.40. The second-order valence-electron chi connectivity index (χ2n) is 5.90. The summed E-state index contributed by atoms with van der Waals surface area (Å²) in [7, 11) is -0.670. The van der Waals surface area contributed by atoms with Gasteiger partial charge in [-0.2, -0.15) is 0 Å². The summed E-state index contributed by atoms with van der Waals surface area (Å²) in [5.41, 5.74) is -0.336. The van der Waals surface area contributed by atoms with Crippen molar-refractivity contribution in [2.75, 3.05) is 0 Å². The second-order valence-corrected chi connectivity index (χ2v) is 5.90. The highest BCUT2D eigenvalue weighted by molar-refractivity contribution is 6.62. The van der Waals surface area contributed by atoms with Crippen molar-refractivity contribution in [1.29, 1.82) is 0 Å². The molecule has 1 unspecified atom stereocenters. The minimum absolute atomic E-state index is 0.106. The van der Waals surface area contributed by atoms with E-state index in [0.717, 1.165) is 6.07 Å². The number of hydrogen-bond acceptors (Lipinski definition) is 3. The lowest BCUT2D eigenvalue weighted by molar-refractivity contribution is 0.0438. The van der Waals surface area contributed by atoms with Crippen molar-refractivity contribution in [3.8, 4) is 0 Å². The van der Waals surface area contributed by atoms with Gasteiger partial charge in [-0.25, -0.2) is 9.18 Å². The Morgan fingerprint density at radius 1 is 1.45 bits per heavy atom. The Morgan fingerprint density at radius 2 is 2.10 bits per heavy atom. The molecule has 1 atom stereocenters. The van der Waals surface area contributed by atoms with Crippen LogP contribution in [-0.2, 0) is 9.31 Å². The largest absolute Gasteiger partial charge is 0.494 e. The zero-order valence-electron chi connectivity index (χ0n) is 12.0. The van der Waals surface area contributed by atoms with Gasteiger partial charge in [0.25, 0.3) is 0 Å². The standard InChI is InChI=1S/C14H18BFO4/c1-8(2)12-14(3,4)20-15(19-12)9-5-6-11(16)10(7-9)13(17)18/h5-8,12H,1-4H3,(H,17,18). The average Bonchev–Trinajstić information content (AvgIpc) is 2.65. The van der Waals surface area contributed by atoms with Gasteiger partial charge >= 0.3 is 13.1 Å². The molecule has 6 heteroatoms. The smallest absolute Gasteiger partial charge is 0.478 e. The molecule has 20 heavy (non-hydrogen) atoms. The Morgan fingerprint density at radius 3 is 2.60 bits per heavy atom. The van der Waals surface area contributed by atoms with Crippen LogP contribution in [0.3, 0.4) is 0 Å². The van der Waals surface area contributed by atoms with Crippen molar-refractivity contribution >= 4 is 18.6 Å². The Labute approximate surface area is 118 Å². The molecule has 0 radical (unpaired) electrons. The number of hydrogen-bond donors (Lipinski definition) is 1. The van der Waals surface area contributed by atoms with Gasteiger partial charge in [-0.05, 0) is 37.4 Å². The molecule has 1 heterocycles. The number of carbonyl (C=O) groups is 1. The topological polar surface area (TPSA) is 55.8 Å². The lowest BCUT2D eigenvalue weighted by Crippen LogP contribution is -2.37. The molecular formula is C14H18BFO4. The summed E-state index contributed by atoms with van der Waals surface area (Å²) in [4.78, 5) is 11.0. The van der Waals surface area contributed by atoms with E-state index in [1.54, 1.807) is 0 Å². The molecule has 108 valence electrons. The highest BCUT2D eigenvalue weighted by Crippen LogP contribution is 2.32. The summed E-state index contributed by atoms with van der Waals surface area (Å²) in [6.45, 7) is 7.93. The SMILES string of the molecule is CC(C)C1OB(c2ccc(F)c(C(=O)O)c2)OC1(C)C. The molecule has 1 saturated heterocycles. The molecule has 1 aliphatic rings. The monoisotopic (exact) mass is 280 g/mol. The highest BCUT2D eigenvalue weighted by Gasteiger charge is 2.47. The number of rotatable bonds is 3. The number of benzene rings is 1. The van der Waals surface area contributed by atoms with Gasteiger partial charge < -0.3 is 14.4 Å². The van der Waals surface area contributed by atoms with Crippen molar-refractivity contribution in [3.05, 3.63) is 29.6 Å². The van der Waals surface area contributed by atoms with E-state index in [0.29, 0.717) is 5.46 Å². The second kappa shape index (κ2) is 5.18. The third-order valence-corrected chi connectivity index (χ3v) is 3.46. The lowest BCUT2D eigenvalue weighted by atomic mass is 9.78. The van der Waals surface area contributed by atoms with Crippen molar-refractivity contribution in [2.24, 2.45) is 5.92 Å². The summed E-state index contributed by atoms with van der Waals surface area (Å²) in [6, 6.07) is 3.88. The van der Waals surface area contributed by atoms with Gasteiger partial charge in [-0.15, -0.1) is 0 Å². The van der Waals surface area contributed by atoms with Crippen LogP contribution < -0.4 is 5.46 Å². The van der Waals surface area contributed by atoms with Gasteiger partial charge in [0.2, 0.25) is 0 Å². The summed E-state index contributed by atoms with van der Waals surface area (Å²) in [5.74, 6) is -1.81. The molecular weight excluding hydrogens is 262 g/mol. The molecule has 2 rings (SSSR count). The van der Waals surface area contributed by atoms with E-state index >= 15 is 0 Å². The Bertz CT molecular complexity index is 530. The van der Waals surface area contributed by atoms with Crippen molar-refractivity contribution in [1.82, 2.24) is 0 Å². The Balaban J connectivity index is 2.30. The van der Waals surface area contributed by atoms with Crippen molar-refractivity contribution < 1.29 is 23.6 Å². The first-order valence-electron chi connectivity index (χ1n) is 6.58. The van der Waals surface area contributed by atoms with E-state index in [1.807, 2.05) is 27.7 Å². The van der Waals surface area contributed by atoms with Crippen LogP contribution in [0.25, 0.3) is 0 Å². The molecule has 1 aromatic carbocycles. The molecule has 1 N–H and O–H groups in total. The Kier molecular flexibility index (Phi) is 3.89. The summed E-state index contributed by atoms with van der Waals surface area (Å²) < 4.78 is 25.1. The van der Waals surface area contributed by atoms with Crippen LogP contribution in [0, 0.1) is 11.7 Å². The van der Waals surface area contributed by atoms with E-state index < -0.39 is 24.5 Å². The normalized spacial score (nSPS) is 21.5. The van der Waals surface area contributed by atoms with Crippen LogP contribution in [0.4, 0.5) is 4.39 Å². The van der Waals surface area contributed by atoms with Crippen LogP contribution in [0.5, 0.6) is 0 Å². The molecule has 0 aliphatic carbocycles. The molecule has 0 amide bonds. The third-order valence-electron chi connectivity index (χ3n) is 3.46. The fraction of sp³-hybridized carbons (Fsp3) is 0.500. The maximum Gasteiger partial charge on any atom is 0.494 e. The van der Waals surface area contributed by atoms with Gasteiger partial charge in [0.1, 0.15) is 5.82 Å². The van der Waals surface area contributed by atoms with E-state index in [1.165, 1.54) is 12.1 Å². The highest BCUT2D eigenvalue weighted by atomic mass is 19.1. The van der Waals surface area contributed by atoms with Crippen LogP contribution in [0.2, 0.25) is 0 Å². The summed E-state index contributed by atoms with van der Waals surface area (Å²) in [6.07, 6.45) is -0.106. The quantitative estimate of drug-likeness (QED) is 0.861. The fourth-order valence-corrected chi connectivity index (χ4v) is 2.63. The van der Waals surface area contributed by atoms with Gasteiger partial charge in [-0.1, -0.05) is 19.9 Å². The molecule has 0 bridgehead atoms. The van der Waals surface area contributed by atoms with E-state index in [9.17, 15) is 9.18 Å². The number of aromatic carboxylic acids is 1. The first kappa shape index (κ1) is 15.0. The van der Waals surface area contributed by atoms with Crippen LogP contribution in [-0.4, -0.2) is 29.9 Å². The van der Waals surface area contributed by atoms with Gasteiger partial charge in [-0.3, -0.25) is 0 Å². The summed E-state index contributed by atoms with van der Waals surface area (Å²) >= 11 is 0. The predicted octanol–water partition coefficient (Wildman–Crippen LogP) is 2.07. The maximum atomic E-state index is 13.4. The molecule has 4 nitrogen and oxygen atoms in total. The van der Waals surface area contributed by atoms with Crippen molar-refractivity contribution in [2.45, 2.75) is 39.4 Å². The summed E-state index contributed by atoms with van der Waals surface area (Å²) in [5, 5.41) is 8.95. The zero-order chi connectivity index (χ0) is 15.1. The fourth-order valence-electron chi connectivity index (χ4n) is 2.63. The zero-order valence-corrected chi connectivity index (χ0v) is 12.0. The van der Waals surface area contributed by atoms with Crippen LogP contribution in [0.15, 0.2) is 18.2 Å². The third kappa shape index (κ3) is 2.71. The van der Waals surface area contributed by atoms with Gasteiger partial charge in [0, 0.05) is 0 Å². The molecule has 0 aromatic heterocycles.